The van der Waals surface area contributed by atoms with Gasteiger partial charge in [-0.15, -0.1) is 0 Å². The molecular weight excluding hydrogens is 418 g/mol. The molecule has 33 heavy (non-hydrogen) atoms. The predicted octanol–water partition coefficient (Wildman–Crippen LogP) is 6.00. The summed E-state index contributed by atoms with van der Waals surface area (Å²) in [5.74, 6) is 0.439. The van der Waals surface area contributed by atoms with Crippen LogP contribution in [0.15, 0.2) is 60.7 Å². The number of nitro benzene ring substituents is 1. The highest BCUT2D eigenvalue weighted by Crippen LogP contribution is 2.33. The summed E-state index contributed by atoms with van der Waals surface area (Å²) in [7, 11) is 1.61. The SMILES string of the molecule is COc1ccc(-c2nc3c(C)cc(C)cc3c(C(=O)Nc3ccc([N+](=O)[O-])cc3)c2C)cc1. The number of fused-ring (bicyclic) bond motifs is 1. The molecule has 0 saturated heterocycles. The van der Waals surface area contributed by atoms with Crippen LogP contribution in [0.5, 0.6) is 5.75 Å². The van der Waals surface area contributed by atoms with Gasteiger partial charge in [0, 0.05) is 28.8 Å². The van der Waals surface area contributed by atoms with E-state index in [1.807, 2.05) is 57.2 Å². The molecule has 7 heteroatoms. The van der Waals surface area contributed by atoms with Gasteiger partial charge in [0.25, 0.3) is 11.6 Å². The van der Waals surface area contributed by atoms with Crippen LogP contribution in [-0.2, 0) is 0 Å². The number of ether oxygens (including phenoxy) is 1. The molecule has 1 aromatic heterocycles. The highest BCUT2D eigenvalue weighted by atomic mass is 16.6. The van der Waals surface area contributed by atoms with E-state index in [1.165, 1.54) is 24.3 Å². The smallest absolute Gasteiger partial charge is 0.269 e. The van der Waals surface area contributed by atoms with E-state index in [0.29, 0.717) is 16.9 Å². The molecule has 0 atom stereocenters. The van der Waals surface area contributed by atoms with E-state index >= 15 is 0 Å². The second-order valence-corrected chi connectivity index (χ2v) is 7.93. The van der Waals surface area contributed by atoms with Gasteiger partial charge in [-0.3, -0.25) is 14.9 Å². The van der Waals surface area contributed by atoms with Crippen molar-refractivity contribution in [3.63, 3.8) is 0 Å². The number of rotatable bonds is 5. The average molecular weight is 441 g/mol. The lowest BCUT2D eigenvalue weighted by Gasteiger charge is -2.17. The Morgan fingerprint density at radius 2 is 1.67 bits per heavy atom. The fourth-order valence-corrected chi connectivity index (χ4v) is 4.00. The standard InChI is InChI=1S/C26H23N3O4/c1-15-13-16(2)24-22(14-15)23(26(30)27-19-7-9-20(10-8-19)29(31)32)17(3)25(28-24)18-5-11-21(33-4)12-6-18/h5-14H,1-4H3,(H,27,30). The molecule has 0 radical (unpaired) electrons. The Labute approximate surface area is 191 Å². The van der Waals surface area contributed by atoms with E-state index in [0.717, 1.165) is 38.9 Å². The third-order valence-electron chi connectivity index (χ3n) is 5.59. The zero-order chi connectivity index (χ0) is 23.7. The first-order valence-electron chi connectivity index (χ1n) is 10.4. The summed E-state index contributed by atoms with van der Waals surface area (Å²) < 4.78 is 5.26. The van der Waals surface area contributed by atoms with Crippen molar-refractivity contribution < 1.29 is 14.5 Å². The van der Waals surface area contributed by atoms with Crippen molar-refractivity contribution in [2.24, 2.45) is 0 Å². The molecular formula is C26H23N3O4. The van der Waals surface area contributed by atoms with Crippen molar-refractivity contribution in [2.45, 2.75) is 20.8 Å². The van der Waals surface area contributed by atoms with Gasteiger partial charge in [0.1, 0.15) is 5.75 Å². The van der Waals surface area contributed by atoms with E-state index in [-0.39, 0.29) is 11.6 Å². The number of carbonyl (C=O) groups excluding carboxylic acids is 1. The fraction of sp³-hybridized carbons (Fsp3) is 0.154. The first-order chi connectivity index (χ1) is 15.8. The van der Waals surface area contributed by atoms with Crippen LogP contribution < -0.4 is 10.1 Å². The quantitative estimate of drug-likeness (QED) is 0.303. The summed E-state index contributed by atoms with van der Waals surface area (Å²) in [6, 6.07) is 17.3. The van der Waals surface area contributed by atoms with Crippen LogP contribution in [0.3, 0.4) is 0 Å². The van der Waals surface area contributed by atoms with Crippen LogP contribution in [-0.4, -0.2) is 22.9 Å². The zero-order valence-electron chi connectivity index (χ0n) is 18.8. The molecule has 0 aliphatic carbocycles. The first-order valence-corrected chi connectivity index (χ1v) is 10.4. The molecule has 0 unspecified atom stereocenters. The van der Waals surface area contributed by atoms with E-state index in [1.54, 1.807) is 7.11 Å². The lowest BCUT2D eigenvalue weighted by molar-refractivity contribution is -0.384. The third kappa shape index (κ3) is 4.25. The molecule has 0 aliphatic heterocycles. The molecule has 0 saturated carbocycles. The first kappa shape index (κ1) is 22.0. The number of aromatic nitrogens is 1. The molecule has 4 aromatic rings. The van der Waals surface area contributed by atoms with Crippen LogP contribution in [0.25, 0.3) is 22.2 Å². The molecule has 1 N–H and O–H groups in total. The van der Waals surface area contributed by atoms with Crippen LogP contribution >= 0.6 is 0 Å². The molecule has 0 spiro atoms. The maximum Gasteiger partial charge on any atom is 0.269 e. The summed E-state index contributed by atoms with van der Waals surface area (Å²) in [5, 5.41) is 14.6. The molecule has 166 valence electrons. The molecule has 0 aliphatic rings. The Morgan fingerprint density at radius 3 is 2.27 bits per heavy atom. The molecule has 1 amide bonds. The van der Waals surface area contributed by atoms with E-state index in [9.17, 15) is 14.9 Å². The Bertz CT molecular complexity index is 1380. The van der Waals surface area contributed by atoms with Gasteiger partial charge in [0.15, 0.2) is 0 Å². The number of amides is 1. The summed E-state index contributed by atoms with van der Waals surface area (Å²) in [6.07, 6.45) is 0. The minimum atomic E-state index is -0.473. The fourth-order valence-electron chi connectivity index (χ4n) is 4.00. The summed E-state index contributed by atoms with van der Waals surface area (Å²) in [4.78, 5) is 28.9. The third-order valence-corrected chi connectivity index (χ3v) is 5.59. The number of methoxy groups -OCH3 is 1. The van der Waals surface area contributed by atoms with Crippen LogP contribution in [0.2, 0.25) is 0 Å². The highest BCUT2D eigenvalue weighted by molar-refractivity contribution is 6.15. The van der Waals surface area contributed by atoms with Gasteiger partial charge in [-0.25, -0.2) is 4.98 Å². The van der Waals surface area contributed by atoms with E-state index in [4.69, 9.17) is 9.72 Å². The number of carbonyl (C=O) groups is 1. The lowest BCUT2D eigenvalue weighted by atomic mass is 9.94. The highest BCUT2D eigenvalue weighted by Gasteiger charge is 2.21. The molecule has 0 fully saturated rings. The Balaban J connectivity index is 1.86. The number of non-ortho nitro benzene ring substituents is 1. The minimum absolute atomic E-state index is 0.0356. The van der Waals surface area contributed by atoms with Gasteiger partial charge in [-0.1, -0.05) is 11.6 Å². The molecule has 7 nitrogen and oxygen atoms in total. The van der Waals surface area contributed by atoms with Gasteiger partial charge in [-0.05, 0) is 74.4 Å². The van der Waals surface area contributed by atoms with Crippen LogP contribution in [0, 0.1) is 30.9 Å². The van der Waals surface area contributed by atoms with Gasteiger partial charge in [0.05, 0.1) is 28.8 Å². The van der Waals surface area contributed by atoms with Crippen molar-refractivity contribution in [2.75, 3.05) is 12.4 Å². The predicted molar refractivity (Wildman–Crippen MR) is 129 cm³/mol. The number of benzene rings is 3. The molecule has 1 heterocycles. The second-order valence-electron chi connectivity index (χ2n) is 7.93. The Kier molecular flexibility index (Phi) is 5.79. The van der Waals surface area contributed by atoms with E-state index in [2.05, 4.69) is 5.32 Å². The monoisotopic (exact) mass is 441 g/mol. The van der Waals surface area contributed by atoms with Crippen molar-refractivity contribution in [3.05, 3.63) is 93.0 Å². The van der Waals surface area contributed by atoms with Gasteiger partial charge in [-0.2, -0.15) is 0 Å². The van der Waals surface area contributed by atoms with Gasteiger partial charge in [0.2, 0.25) is 0 Å². The maximum absolute atomic E-state index is 13.5. The van der Waals surface area contributed by atoms with Gasteiger partial charge >= 0.3 is 0 Å². The largest absolute Gasteiger partial charge is 0.497 e. The zero-order valence-corrected chi connectivity index (χ0v) is 18.8. The van der Waals surface area contributed by atoms with Crippen molar-refractivity contribution in [3.8, 4) is 17.0 Å². The molecule has 0 bridgehead atoms. The van der Waals surface area contributed by atoms with Crippen molar-refractivity contribution >= 4 is 28.2 Å². The number of hydrogen-bond donors (Lipinski definition) is 1. The number of pyridine rings is 1. The number of nitro groups is 1. The maximum atomic E-state index is 13.5. The van der Waals surface area contributed by atoms with Crippen LogP contribution in [0.1, 0.15) is 27.0 Å². The number of anilines is 1. The lowest BCUT2D eigenvalue weighted by Crippen LogP contribution is -2.15. The van der Waals surface area contributed by atoms with Gasteiger partial charge < -0.3 is 10.1 Å². The summed E-state index contributed by atoms with van der Waals surface area (Å²) in [6.45, 7) is 5.85. The Hall–Kier alpha value is -4.26. The Morgan fingerprint density at radius 1 is 1.00 bits per heavy atom. The second kappa shape index (κ2) is 8.70. The topological polar surface area (TPSA) is 94.4 Å². The summed E-state index contributed by atoms with van der Waals surface area (Å²) in [5.41, 5.74) is 6.06. The number of aryl methyl sites for hydroxylation is 2. The molecule has 4 rings (SSSR count). The number of nitrogens with one attached hydrogen (secondary N) is 1. The summed E-state index contributed by atoms with van der Waals surface area (Å²) >= 11 is 0. The normalized spacial score (nSPS) is 10.8. The van der Waals surface area contributed by atoms with Crippen molar-refractivity contribution in [1.82, 2.24) is 4.98 Å². The van der Waals surface area contributed by atoms with Crippen molar-refractivity contribution in [1.29, 1.82) is 0 Å². The molecule has 3 aromatic carbocycles. The minimum Gasteiger partial charge on any atom is -0.497 e. The number of nitrogens with zero attached hydrogens (tertiary/aromatic N) is 2. The van der Waals surface area contributed by atoms with Crippen LogP contribution in [0.4, 0.5) is 11.4 Å². The average Bonchev–Trinajstić information content (AvgIpc) is 2.79. The van der Waals surface area contributed by atoms with E-state index < -0.39 is 4.92 Å². The number of hydrogen-bond acceptors (Lipinski definition) is 5.